The third-order valence-corrected chi connectivity index (χ3v) is 8.33. The number of aliphatic hydroxyl groups is 5. The molecular formula is C26H51N3O10S. The van der Waals surface area contributed by atoms with Crippen molar-refractivity contribution in [2.45, 2.75) is 119 Å². The van der Waals surface area contributed by atoms with E-state index in [0.717, 1.165) is 12.2 Å². The smallest absolute Gasteiger partial charge is 0.220 e. The summed E-state index contributed by atoms with van der Waals surface area (Å²) in [6, 6.07) is -1.95. The molecule has 6 unspecified atom stereocenters. The molecule has 236 valence electrons. The van der Waals surface area contributed by atoms with Gasteiger partial charge in [-0.05, 0) is 52.5 Å². The third-order valence-electron chi connectivity index (χ3n) is 7.63. The highest BCUT2D eigenvalue weighted by Gasteiger charge is 2.52. The molecule has 2 fully saturated rings. The van der Waals surface area contributed by atoms with Crippen LogP contribution in [0.4, 0.5) is 0 Å². The van der Waals surface area contributed by atoms with Gasteiger partial charge in [-0.3, -0.25) is 4.79 Å². The highest BCUT2D eigenvalue weighted by Crippen LogP contribution is 2.33. The first-order valence-corrected chi connectivity index (χ1v) is 15.3. The van der Waals surface area contributed by atoms with Crippen molar-refractivity contribution in [1.82, 2.24) is 5.32 Å². The first kappa shape index (κ1) is 35.6. The van der Waals surface area contributed by atoms with Crippen molar-refractivity contribution >= 4 is 17.7 Å². The number of ether oxygens (including phenoxy) is 4. The Morgan fingerprint density at radius 2 is 1.40 bits per heavy atom. The molecule has 10 atom stereocenters. The number of rotatable bonds is 15. The Labute approximate surface area is 241 Å². The Morgan fingerprint density at radius 1 is 0.875 bits per heavy atom. The minimum Gasteiger partial charge on any atom is -0.394 e. The molecule has 0 spiro atoms. The van der Waals surface area contributed by atoms with E-state index in [1.54, 1.807) is 39.5 Å². The van der Waals surface area contributed by atoms with Crippen LogP contribution in [0.1, 0.15) is 47.0 Å². The van der Waals surface area contributed by atoms with Crippen molar-refractivity contribution < 1.29 is 49.3 Å². The standard InChI is InChI=1S/C26H51N3O10S/c1-25(2,36-10-7-9-29-16(31)8-6-11-40-5)23-18(28)22(35)20(33)15(39-23)13-37-26(3,4)24-17(27)21(34)19(32)14(12-30)38-24/h14-15,17-24,30,32-35H,6-13,27-28H2,1-5H3,(H,29,31)/t14?,15?,17?,18?,19-,20-,21?,22?,23-,24-/m1/s1. The fourth-order valence-corrected chi connectivity index (χ4v) is 5.51. The van der Waals surface area contributed by atoms with Crippen LogP contribution in [0.3, 0.4) is 0 Å². The van der Waals surface area contributed by atoms with E-state index in [1.807, 2.05) is 6.26 Å². The quantitative estimate of drug-likeness (QED) is 0.0945. The summed E-state index contributed by atoms with van der Waals surface area (Å²) in [4.78, 5) is 11.9. The zero-order valence-electron chi connectivity index (χ0n) is 24.3. The Morgan fingerprint density at radius 3 is 1.95 bits per heavy atom. The Hall–Kier alpha value is -0.620. The summed E-state index contributed by atoms with van der Waals surface area (Å²) in [6.45, 7) is 6.97. The Kier molecular flexibility index (Phi) is 14.0. The van der Waals surface area contributed by atoms with Gasteiger partial charge in [-0.1, -0.05) is 0 Å². The van der Waals surface area contributed by atoms with Crippen LogP contribution < -0.4 is 16.8 Å². The second-order valence-corrected chi connectivity index (χ2v) is 12.6. The molecule has 10 N–H and O–H groups in total. The van der Waals surface area contributed by atoms with Crippen LogP contribution in [0.5, 0.6) is 0 Å². The molecule has 0 radical (unpaired) electrons. The lowest BCUT2D eigenvalue weighted by molar-refractivity contribution is -0.266. The van der Waals surface area contributed by atoms with Crippen molar-refractivity contribution in [3.8, 4) is 0 Å². The van der Waals surface area contributed by atoms with Gasteiger partial charge in [0.1, 0.15) is 48.8 Å². The number of thioether (sulfide) groups is 1. The molecule has 0 aromatic carbocycles. The van der Waals surface area contributed by atoms with Gasteiger partial charge in [0.25, 0.3) is 0 Å². The summed E-state index contributed by atoms with van der Waals surface area (Å²) in [5.41, 5.74) is 10.3. The van der Waals surface area contributed by atoms with Gasteiger partial charge in [0.2, 0.25) is 5.91 Å². The van der Waals surface area contributed by atoms with Crippen LogP contribution in [-0.2, 0) is 23.7 Å². The number of hydrogen-bond acceptors (Lipinski definition) is 13. The highest BCUT2D eigenvalue weighted by atomic mass is 32.2. The maximum Gasteiger partial charge on any atom is 0.220 e. The van der Waals surface area contributed by atoms with E-state index in [2.05, 4.69) is 5.32 Å². The molecule has 0 aromatic heterocycles. The topological polar surface area (TPSA) is 219 Å². The fourth-order valence-electron chi connectivity index (χ4n) is 5.08. The Bertz CT molecular complexity index is 777. The fraction of sp³-hybridized carbons (Fsp3) is 0.962. The van der Waals surface area contributed by atoms with Crippen molar-refractivity contribution in [2.75, 3.05) is 38.4 Å². The normalized spacial score (nSPS) is 35.5. The number of aliphatic hydroxyl groups excluding tert-OH is 5. The first-order valence-electron chi connectivity index (χ1n) is 13.9. The van der Waals surface area contributed by atoms with Gasteiger partial charge in [-0.2, -0.15) is 11.8 Å². The summed E-state index contributed by atoms with van der Waals surface area (Å²) in [5, 5.41) is 54.2. The van der Waals surface area contributed by atoms with Gasteiger partial charge < -0.3 is 61.3 Å². The lowest BCUT2D eigenvalue weighted by Gasteiger charge is -2.49. The van der Waals surface area contributed by atoms with Crippen LogP contribution in [-0.4, -0.2) is 142 Å². The number of nitrogens with two attached hydrogens (primary N) is 2. The summed E-state index contributed by atoms with van der Waals surface area (Å²) in [7, 11) is 0. The first-order chi connectivity index (χ1) is 18.7. The summed E-state index contributed by atoms with van der Waals surface area (Å²) >= 11 is 1.70. The van der Waals surface area contributed by atoms with E-state index in [9.17, 15) is 30.3 Å². The highest BCUT2D eigenvalue weighted by molar-refractivity contribution is 7.98. The van der Waals surface area contributed by atoms with Gasteiger partial charge >= 0.3 is 0 Å². The number of carbonyl (C=O) groups is 1. The predicted octanol–water partition coefficient (Wildman–Crippen LogP) is -2.15. The molecule has 2 rings (SSSR count). The molecule has 2 aliphatic heterocycles. The van der Waals surface area contributed by atoms with Gasteiger partial charge in [-0.25, -0.2) is 0 Å². The zero-order chi connectivity index (χ0) is 30.3. The average Bonchev–Trinajstić information content (AvgIpc) is 2.89. The van der Waals surface area contributed by atoms with Crippen molar-refractivity contribution in [3.63, 3.8) is 0 Å². The van der Waals surface area contributed by atoms with Crippen LogP contribution >= 0.6 is 11.8 Å². The van der Waals surface area contributed by atoms with E-state index in [4.69, 9.17) is 30.4 Å². The molecule has 0 aliphatic carbocycles. The molecule has 2 heterocycles. The maximum absolute atomic E-state index is 11.9. The van der Waals surface area contributed by atoms with E-state index < -0.39 is 78.7 Å². The second kappa shape index (κ2) is 15.7. The van der Waals surface area contributed by atoms with Crippen LogP contribution in [0, 0.1) is 0 Å². The molecule has 2 aliphatic rings. The van der Waals surface area contributed by atoms with E-state index in [0.29, 0.717) is 26.0 Å². The number of nitrogens with one attached hydrogen (secondary N) is 1. The molecular weight excluding hydrogens is 546 g/mol. The maximum atomic E-state index is 11.9. The molecule has 14 heteroatoms. The Balaban J connectivity index is 1.95. The second-order valence-electron chi connectivity index (χ2n) is 11.7. The SMILES string of the molecule is CSCCCC(=O)NCCCOC(C)(C)[C@@H]1OC(COC(C)(C)[C@@H]2OC(CO)[C@@H](O)C(O)C2N)[C@@H](O)C(O)C1N. The van der Waals surface area contributed by atoms with Crippen molar-refractivity contribution in [1.29, 1.82) is 0 Å². The zero-order valence-corrected chi connectivity index (χ0v) is 25.1. The van der Waals surface area contributed by atoms with E-state index >= 15 is 0 Å². The summed E-state index contributed by atoms with van der Waals surface area (Å²) < 4.78 is 24.0. The molecule has 1 amide bonds. The van der Waals surface area contributed by atoms with Crippen LogP contribution in [0.25, 0.3) is 0 Å². The largest absolute Gasteiger partial charge is 0.394 e. The number of carbonyl (C=O) groups excluding carboxylic acids is 1. The lowest BCUT2D eigenvalue weighted by atomic mass is 9.84. The average molecular weight is 598 g/mol. The number of amides is 1. The minimum absolute atomic E-state index is 0.00553. The summed E-state index contributed by atoms with van der Waals surface area (Å²) in [6.07, 6.45) is -5.19. The molecule has 0 bridgehead atoms. The number of hydrogen-bond donors (Lipinski definition) is 8. The minimum atomic E-state index is -1.35. The van der Waals surface area contributed by atoms with Crippen molar-refractivity contribution in [3.05, 3.63) is 0 Å². The van der Waals surface area contributed by atoms with Crippen LogP contribution in [0.15, 0.2) is 0 Å². The molecule has 40 heavy (non-hydrogen) atoms. The molecule has 13 nitrogen and oxygen atoms in total. The van der Waals surface area contributed by atoms with Gasteiger partial charge in [0.15, 0.2) is 0 Å². The molecule has 0 aromatic rings. The van der Waals surface area contributed by atoms with Gasteiger partial charge in [0.05, 0.1) is 36.5 Å². The predicted molar refractivity (Wildman–Crippen MR) is 150 cm³/mol. The van der Waals surface area contributed by atoms with Crippen LogP contribution in [0.2, 0.25) is 0 Å². The van der Waals surface area contributed by atoms with Gasteiger partial charge in [-0.15, -0.1) is 0 Å². The third kappa shape index (κ3) is 9.19. The van der Waals surface area contributed by atoms with E-state index in [1.165, 1.54) is 0 Å². The lowest BCUT2D eigenvalue weighted by Crippen LogP contribution is -2.69. The van der Waals surface area contributed by atoms with Gasteiger partial charge in [0, 0.05) is 19.6 Å². The summed E-state index contributed by atoms with van der Waals surface area (Å²) in [5.74, 6) is 0.946. The van der Waals surface area contributed by atoms with Crippen molar-refractivity contribution in [2.24, 2.45) is 11.5 Å². The monoisotopic (exact) mass is 597 g/mol. The van der Waals surface area contributed by atoms with E-state index in [-0.39, 0.29) is 12.5 Å². The molecule has 2 saturated heterocycles. The molecule has 0 saturated carbocycles.